The van der Waals surface area contributed by atoms with Gasteiger partial charge >= 0.3 is 11.8 Å². The summed E-state index contributed by atoms with van der Waals surface area (Å²) in [6.45, 7) is 10.0. The molecular weight excluding hydrogens is 378 g/mol. The number of hydrogen-bond donors (Lipinski definition) is 1. The number of nitrogens with zero attached hydrogens (tertiary/aromatic N) is 3. The summed E-state index contributed by atoms with van der Waals surface area (Å²) in [4.78, 5) is 39.2. The second kappa shape index (κ2) is 8.67. The van der Waals surface area contributed by atoms with E-state index in [0.29, 0.717) is 19.5 Å². The van der Waals surface area contributed by atoms with E-state index in [-0.39, 0.29) is 23.6 Å². The number of phenols is 1. The number of carbonyl (C=O) groups is 2. The molecule has 0 spiro atoms. The zero-order valence-electron chi connectivity index (χ0n) is 17.5. The molecule has 1 aromatic rings. The number of benzene rings is 1. The molecule has 9 nitrogen and oxygen atoms in total. The summed E-state index contributed by atoms with van der Waals surface area (Å²) >= 11 is 0. The lowest BCUT2D eigenvalue weighted by molar-refractivity contribution is -0.385. The van der Waals surface area contributed by atoms with Crippen molar-refractivity contribution in [2.24, 2.45) is 0 Å². The van der Waals surface area contributed by atoms with E-state index in [4.69, 9.17) is 4.74 Å². The average Bonchev–Trinajstić information content (AvgIpc) is 2.60. The standard InChI is InChI=1S/C20H29N3O6/c1-13(2)22(18(25)14-8-9-17(24)16(11-14)23(27)28)15-7-6-10-21(12-15)19(26)29-20(3,4)5/h8-9,11,13,15,24H,6-7,10,12H2,1-5H3/t15-/m1/s1. The predicted molar refractivity (Wildman–Crippen MR) is 107 cm³/mol. The highest BCUT2D eigenvalue weighted by Gasteiger charge is 2.34. The number of carbonyl (C=O) groups excluding carboxylic acids is 2. The maximum atomic E-state index is 13.2. The molecule has 1 aromatic carbocycles. The van der Waals surface area contributed by atoms with Crippen molar-refractivity contribution in [1.82, 2.24) is 9.80 Å². The van der Waals surface area contributed by atoms with Crippen LogP contribution >= 0.6 is 0 Å². The molecule has 0 aromatic heterocycles. The van der Waals surface area contributed by atoms with Gasteiger partial charge in [-0.1, -0.05) is 0 Å². The highest BCUT2D eigenvalue weighted by molar-refractivity contribution is 5.95. The van der Waals surface area contributed by atoms with Crippen LogP contribution in [0.25, 0.3) is 0 Å². The van der Waals surface area contributed by atoms with Gasteiger partial charge in [0.1, 0.15) is 5.60 Å². The van der Waals surface area contributed by atoms with Crippen LogP contribution in [0.15, 0.2) is 18.2 Å². The lowest BCUT2D eigenvalue weighted by Gasteiger charge is -2.41. The highest BCUT2D eigenvalue weighted by atomic mass is 16.6. The molecule has 0 bridgehead atoms. The first kappa shape index (κ1) is 22.4. The largest absolute Gasteiger partial charge is 0.502 e. The Morgan fingerprint density at radius 2 is 2.00 bits per heavy atom. The number of nitro groups is 1. The smallest absolute Gasteiger partial charge is 0.410 e. The molecule has 1 fully saturated rings. The van der Waals surface area contributed by atoms with Crippen molar-refractivity contribution in [2.45, 2.75) is 65.1 Å². The Morgan fingerprint density at radius 1 is 1.34 bits per heavy atom. The third-order valence-corrected chi connectivity index (χ3v) is 4.65. The van der Waals surface area contributed by atoms with Gasteiger partial charge in [0.25, 0.3) is 5.91 Å². The summed E-state index contributed by atoms with van der Waals surface area (Å²) in [5.74, 6) is -0.865. The third-order valence-electron chi connectivity index (χ3n) is 4.65. The first-order valence-corrected chi connectivity index (χ1v) is 9.68. The summed E-state index contributed by atoms with van der Waals surface area (Å²) in [5, 5.41) is 20.7. The lowest BCUT2D eigenvalue weighted by atomic mass is 10.0. The minimum atomic E-state index is -0.726. The second-order valence-corrected chi connectivity index (χ2v) is 8.49. The number of nitro benzene ring substituents is 1. The van der Waals surface area contributed by atoms with Crippen LogP contribution in [-0.4, -0.2) is 62.6 Å². The van der Waals surface area contributed by atoms with Crippen LogP contribution in [0.4, 0.5) is 10.5 Å². The molecule has 2 rings (SSSR count). The molecular formula is C20H29N3O6. The van der Waals surface area contributed by atoms with Crippen molar-refractivity contribution in [3.05, 3.63) is 33.9 Å². The van der Waals surface area contributed by atoms with Crippen molar-refractivity contribution in [3.63, 3.8) is 0 Å². The number of hydrogen-bond acceptors (Lipinski definition) is 6. The Kier molecular flexibility index (Phi) is 6.71. The SMILES string of the molecule is CC(C)N(C(=O)c1ccc(O)c([N+](=O)[O-])c1)[C@@H]1CCCN(C(=O)OC(C)(C)C)C1. The van der Waals surface area contributed by atoms with Gasteiger partial charge in [-0.05, 0) is 59.6 Å². The van der Waals surface area contributed by atoms with Gasteiger partial charge in [-0.2, -0.15) is 0 Å². The third kappa shape index (κ3) is 5.58. The Labute approximate surface area is 170 Å². The fourth-order valence-electron chi connectivity index (χ4n) is 3.45. The van der Waals surface area contributed by atoms with E-state index in [1.807, 2.05) is 13.8 Å². The van der Waals surface area contributed by atoms with Gasteiger partial charge in [0.15, 0.2) is 5.75 Å². The maximum absolute atomic E-state index is 13.2. The Hall–Kier alpha value is -2.84. The minimum absolute atomic E-state index is 0.123. The van der Waals surface area contributed by atoms with E-state index in [2.05, 4.69) is 0 Å². The number of ether oxygens (including phenoxy) is 1. The molecule has 1 aliphatic heterocycles. The summed E-state index contributed by atoms with van der Waals surface area (Å²) < 4.78 is 5.45. The van der Waals surface area contributed by atoms with Gasteiger partial charge in [-0.25, -0.2) is 4.79 Å². The van der Waals surface area contributed by atoms with E-state index in [0.717, 1.165) is 18.6 Å². The quantitative estimate of drug-likeness (QED) is 0.603. The van der Waals surface area contributed by atoms with Crippen molar-refractivity contribution in [1.29, 1.82) is 0 Å². The molecule has 1 saturated heterocycles. The fourth-order valence-corrected chi connectivity index (χ4v) is 3.45. The second-order valence-electron chi connectivity index (χ2n) is 8.49. The van der Waals surface area contributed by atoms with E-state index >= 15 is 0 Å². The monoisotopic (exact) mass is 407 g/mol. The first-order valence-electron chi connectivity index (χ1n) is 9.68. The number of piperidine rings is 1. The number of amides is 2. The van der Waals surface area contributed by atoms with Gasteiger partial charge in [0, 0.05) is 30.8 Å². The number of phenolic OH excluding ortho intramolecular Hbond substituents is 1. The minimum Gasteiger partial charge on any atom is -0.502 e. The van der Waals surface area contributed by atoms with Gasteiger partial charge in [0.2, 0.25) is 0 Å². The van der Waals surface area contributed by atoms with Crippen LogP contribution in [0.2, 0.25) is 0 Å². The van der Waals surface area contributed by atoms with Crippen LogP contribution in [-0.2, 0) is 4.74 Å². The van der Waals surface area contributed by atoms with Gasteiger partial charge < -0.3 is 19.6 Å². The van der Waals surface area contributed by atoms with Crippen LogP contribution in [0.3, 0.4) is 0 Å². The average molecular weight is 407 g/mol. The predicted octanol–water partition coefficient (Wildman–Crippen LogP) is 3.55. The van der Waals surface area contributed by atoms with Gasteiger partial charge in [0.05, 0.1) is 11.0 Å². The molecule has 0 unspecified atom stereocenters. The zero-order chi connectivity index (χ0) is 21.9. The van der Waals surface area contributed by atoms with Crippen molar-refractivity contribution < 1.29 is 24.4 Å². The van der Waals surface area contributed by atoms with E-state index in [1.54, 1.807) is 30.6 Å². The molecule has 1 atom stereocenters. The number of likely N-dealkylation sites (tertiary alicyclic amines) is 1. The van der Waals surface area contributed by atoms with Crippen LogP contribution in [0.5, 0.6) is 5.75 Å². The van der Waals surface area contributed by atoms with Crippen LogP contribution < -0.4 is 0 Å². The molecule has 1 aliphatic rings. The van der Waals surface area contributed by atoms with Gasteiger partial charge in [-0.3, -0.25) is 14.9 Å². The van der Waals surface area contributed by atoms with E-state index in [1.165, 1.54) is 6.07 Å². The molecule has 0 radical (unpaired) electrons. The lowest BCUT2D eigenvalue weighted by Crippen LogP contribution is -2.54. The van der Waals surface area contributed by atoms with Gasteiger partial charge in [-0.15, -0.1) is 0 Å². The summed E-state index contributed by atoms with van der Waals surface area (Å²) in [6, 6.07) is 3.18. The summed E-state index contributed by atoms with van der Waals surface area (Å²) in [7, 11) is 0. The van der Waals surface area contributed by atoms with E-state index < -0.39 is 28.1 Å². The van der Waals surface area contributed by atoms with Crippen molar-refractivity contribution >= 4 is 17.7 Å². The number of rotatable bonds is 4. The highest BCUT2D eigenvalue weighted by Crippen LogP contribution is 2.28. The molecule has 160 valence electrons. The Balaban J connectivity index is 2.24. The van der Waals surface area contributed by atoms with Crippen molar-refractivity contribution in [3.8, 4) is 5.75 Å². The van der Waals surface area contributed by atoms with Crippen LogP contribution in [0, 0.1) is 10.1 Å². The first-order chi connectivity index (χ1) is 13.4. The molecule has 0 saturated carbocycles. The molecule has 1 heterocycles. The molecule has 1 N–H and O–H groups in total. The molecule has 9 heteroatoms. The molecule has 0 aliphatic carbocycles. The van der Waals surface area contributed by atoms with Crippen LogP contribution in [0.1, 0.15) is 57.8 Å². The Bertz CT molecular complexity index is 787. The zero-order valence-corrected chi connectivity index (χ0v) is 17.5. The summed E-state index contributed by atoms with van der Waals surface area (Å²) in [6.07, 6.45) is 1.01. The van der Waals surface area contributed by atoms with E-state index in [9.17, 15) is 24.8 Å². The normalized spacial score (nSPS) is 17.2. The molecule has 29 heavy (non-hydrogen) atoms. The fraction of sp³-hybridized carbons (Fsp3) is 0.600. The molecule has 2 amide bonds. The Morgan fingerprint density at radius 3 is 2.55 bits per heavy atom. The number of aromatic hydroxyl groups is 1. The topological polar surface area (TPSA) is 113 Å². The summed E-state index contributed by atoms with van der Waals surface area (Å²) in [5.41, 5.74) is -1.00. The maximum Gasteiger partial charge on any atom is 0.410 e. The van der Waals surface area contributed by atoms with Crippen molar-refractivity contribution in [2.75, 3.05) is 13.1 Å².